The summed E-state index contributed by atoms with van der Waals surface area (Å²) in [5.41, 5.74) is 4.72. The molecular formula is C22H24ClN5O3. The fraction of sp³-hybridized carbons (Fsp3) is 0.409. The van der Waals surface area contributed by atoms with Crippen molar-refractivity contribution in [3.8, 4) is 5.75 Å². The number of aliphatic hydroxyl groups excluding tert-OH is 1. The first-order valence-corrected chi connectivity index (χ1v) is 10.8. The second-order valence-corrected chi connectivity index (χ2v) is 8.39. The van der Waals surface area contributed by atoms with Gasteiger partial charge in [-0.1, -0.05) is 30.7 Å². The van der Waals surface area contributed by atoms with Crippen LogP contribution in [0.15, 0.2) is 24.3 Å². The van der Waals surface area contributed by atoms with Crippen LogP contribution in [0.5, 0.6) is 5.75 Å². The van der Waals surface area contributed by atoms with E-state index < -0.39 is 6.10 Å². The number of carbonyl (C=O) groups excluding carboxylic acids is 1. The Balaban J connectivity index is 1.43. The molecule has 8 nitrogen and oxygen atoms in total. The number of hydrogen-bond donors (Lipinski definition) is 2. The van der Waals surface area contributed by atoms with E-state index in [2.05, 4.69) is 10.4 Å². The predicted octanol–water partition coefficient (Wildman–Crippen LogP) is 2.12. The van der Waals surface area contributed by atoms with E-state index in [9.17, 15) is 9.90 Å². The van der Waals surface area contributed by atoms with Crippen molar-refractivity contribution in [1.29, 1.82) is 0 Å². The molecule has 2 atom stereocenters. The smallest absolute Gasteiger partial charge is 0.258 e. The molecule has 31 heavy (non-hydrogen) atoms. The van der Waals surface area contributed by atoms with Crippen molar-refractivity contribution in [3.63, 3.8) is 0 Å². The van der Waals surface area contributed by atoms with Crippen LogP contribution >= 0.6 is 11.6 Å². The van der Waals surface area contributed by atoms with E-state index >= 15 is 0 Å². The van der Waals surface area contributed by atoms with E-state index in [-0.39, 0.29) is 12.0 Å². The number of hydrogen-bond acceptors (Lipinski definition) is 6. The van der Waals surface area contributed by atoms with Gasteiger partial charge in [-0.15, -0.1) is 0 Å². The summed E-state index contributed by atoms with van der Waals surface area (Å²) in [4.78, 5) is 19.8. The molecular weight excluding hydrogens is 418 g/mol. The number of β-amino-alcohol motifs (C(OH)–C–C–N with tert-alkyl or cyclic N) is 1. The molecule has 3 aromatic rings. The highest BCUT2D eigenvalue weighted by molar-refractivity contribution is 6.31. The number of nitrogens with one attached hydrogen (secondary N) is 1. The summed E-state index contributed by atoms with van der Waals surface area (Å²) < 4.78 is 7.76. The minimum absolute atomic E-state index is 0.131. The van der Waals surface area contributed by atoms with Gasteiger partial charge < -0.3 is 20.1 Å². The first kappa shape index (κ1) is 20.2. The molecule has 9 heteroatoms. The summed E-state index contributed by atoms with van der Waals surface area (Å²) in [6, 6.07) is 7.17. The summed E-state index contributed by atoms with van der Waals surface area (Å²) >= 11 is 6.43. The monoisotopic (exact) mass is 441 g/mol. The van der Waals surface area contributed by atoms with Gasteiger partial charge in [0.05, 0.1) is 40.8 Å². The number of rotatable bonds is 4. The van der Waals surface area contributed by atoms with Gasteiger partial charge >= 0.3 is 0 Å². The largest absolute Gasteiger partial charge is 0.486 e. The van der Waals surface area contributed by atoms with E-state index in [4.69, 9.17) is 21.3 Å². The summed E-state index contributed by atoms with van der Waals surface area (Å²) in [6.07, 6.45) is -0.245. The number of para-hydroxylation sites is 1. The lowest BCUT2D eigenvalue weighted by atomic mass is 10.1. The van der Waals surface area contributed by atoms with Crippen molar-refractivity contribution in [2.75, 3.05) is 13.1 Å². The normalized spacial score (nSPS) is 20.5. The lowest BCUT2D eigenvalue weighted by Crippen LogP contribution is -2.32. The topological polar surface area (TPSA) is 92.0 Å². The zero-order valence-electron chi connectivity index (χ0n) is 17.4. The minimum atomic E-state index is -0.596. The standard InChI is InChI=1S/C22H24ClN5O3/c1-3-15-20(23)12(2)28-21(25-15)14-10-27(11-16(14)26-28)22(30)13-6-4-5-7-18(13)31-19-9-24-8-17(19)29/h4-7,17,19,24,29H,3,8-11H2,1-2H3/t17-,19-/m0/s1. The van der Waals surface area contributed by atoms with Gasteiger partial charge in [0.1, 0.15) is 18.0 Å². The molecule has 0 spiro atoms. The molecule has 4 heterocycles. The Morgan fingerprint density at radius 1 is 1.32 bits per heavy atom. The molecule has 0 bridgehead atoms. The summed E-state index contributed by atoms with van der Waals surface area (Å²) in [6.45, 7) is 5.81. The molecule has 2 N–H and O–H groups in total. The van der Waals surface area contributed by atoms with E-state index in [0.717, 1.165) is 34.7 Å². The van der Waals surface area contributed by atoms with Gasteiger partial charge in [0, 0.05) is 18.7 Å². The Hall–Kier alpha value is -2.68. The fourth-order valence-electron chi connectivity index (χ4n) is 4.25. The van der Waals surface area contributed by atoms with Crippen LogP contribution in [0.25, 0.3) is 5.65 Å². The minimum Gasteiger partial charge on any atom is -0.486 e. The Labute approximate surface area is 184 Å². The summed E-state index contributed by atoms with van der Waals surface area (Å²) in [7, 11) is 0. The molecule has 1 aromatic carbocycles. The number of aliphatic hydroxyl groups is 1. The third kappa shape index (κ3) is 3.35. The first-order chi connectivity index (χ1) is 15.0. The number of ether oxygens (including phenoxy) is 1. The van der Waals surface area contributed by atoms with Crippen LogP contribution in [0.2, 0.25) is 5.02 Å². The molecule has 0 radical (unpaired) electrons. The highest BCUT2D eigenvalue weighted by Crippen LogP contribution is 2.32. The van der Waals surface area contributed by atoms with Gasteiger partial charge in [-0.05, 0) is 25.5 Å². The molecule has 0 saturated carbocycles. The molecule has 2 aromatic heterocycles. The zero-order chi connectivity index (χ0) is 21.7. The Morgan fingerprint density at radius 2 is 2.13 bits per heavy atom. The molecule has 2 aliphatic rings. The molecule has 0 unspecified atom stereocenters. The third-order valence-corrected chi connectivity index (χ3v) is 6.50. The summed E-state index contributed by atoms with van der Waals surface area (Å²) in [5, 5.41) is 18.5. The van der Waals surface area contributed by atoms with E-state index in [1.807, 2.05) is 26.0 Å². The SMILES string of the molecule is CCc1nc2c3c(nn2c(C)c1Cl)CN(C(=O)c1ccccc1O[C@H]1CNC[C@@H]1O)C3. The lowest BCUT2D eigenvalue weighted by molar-refractivity contribution is 0.0668. The number of nitrogens with zero attached hydrogens (tertiary/aromatic N) is 4. The van der Waals surface area contributed by atoms with Crippen LogP contribution in [-0.2, 0) is 19.5 Å². The van der Waals surface area contributed by atoms with Crippen LogP contribution in [-0.4, -0.2) is 55.8 Å². The van der Waals surface area contributed by atoms with Crippen molar-refractivity contribution < 1.29 is 14.6 Å². The predicted molar refractivity (Wildman–Crippen MR) is 115 cm³/mol. The summed E-state index contributed by atoms with van der Waals surface area (Å²) in [5.74, 6) is 0.349. The molecule has 1 saturated heterocycles. The number of halogens is 1. The van der Waals surface area contributed by atoms with Gasteiger partial charge in [0.25, 0.3) is 5.91 Å². The number of amides is 1. The molecule has 162 valence electrons. The molecule has 0 aliphatic carbocycles. The molecule has 1 fully saturated rings. The van der Waals surface area contributed by atoms with Crippen LogP contribution in [0.3, 0.4) is 0 Å². The quantitative estimate of drug-likeness (QED) is 0.644. The van der Waals surface area contributed by atoms with Crippen molar-refractivity contribution in [2.24, 2.45) is 0 Å². The van der Waals surface area contributed by atoms with Gasteiger partial charge in [0.15, 0.2) is 5.65 Å². The van der Waals surface area contributed by atoms with Crippen molar-refractivity contribution in [3.05, 3.63) is 57.5 Å². The highest BCUT2D eigenvalue weighted by atomic mass is 35.5. The van der Waals surface area contributed by atoms with Crippen molar-refractivity contribution in [1.82, 2.24) is 24.8 Å². The average molecular weight is 442 g/mol. The second-order valence-electron chi connectivity index (χ2n) is 8.01. The van der Waals surface area contributed by atoms with Gasteiger partial charge in [-0.3, -0.25) is 4.79 Å². The molecule has 1 amide bonds. The van der Waals surface area contributed by atoms with Gasteiger partial charge in [0.2, 0.25) is 0 Å². The van der Waals surface area contributed by atoms with Crippen LogP contribution in [0.4, 0.5) is 0 Å². The highest BCUT2D eigenvalue weighted by Gasteiger charge is 2.33. The zero-order valence-corrected chi connectivity index (χ0v) is 18.2. The number of carbonyl (C=O) groups is 1. The maximum Gasteiger partial charge on any atom is 0.258 e. The number of benzene rings is 1. The van der Waals surface area contributed by atoms with E-state index in [0.29, 0.717) is 42.5 Å². The Morgan fingerprint density at radius 3 is 2.87 bits per heavy atom. The van der Waals surface area contributed by atoms with Gasteiger partial charge in [-0.2, -0.15) is 5.10 Å². The average Bonchev–Trinajstić information content (AvgIpc) is 3.46. The first-order valence-electron chi connectivity index (χ1n) is 10.5. The second kappa shape index (κ2) is 7.78. The molecule has 2 aliphatic heterocycles. The van der Waals surface area contributed by atoms with Crippen LogP contribution in [0.1, 0.15) is 39.9 Å². The van der Waals surface area contributed by atoms with Gasteiger partial charge in [-0.25, -0.2) is 9.50 Å². The van der Waals surface area contributed by atoms with E-state index in [1.165, 1.54) is 0 Å². The molecule has 5 rings (SSSR count). The Kier molecular flexibility index (Phi) is 5.08. The maximum atomic E-state index is 13.4. The maximum absolute atomic E-state index is 13.4. The van der Waals surface area contributed by atoms with Crippen molar-refractivity contribution >= 4 is 23.2 Å². The lowest BCUT2D eigenvalue weighted by Gasteiger charge is -2.21. The van der Waals surface area contributed by atoms with Crippen LogP contribution < -0.4 is 10.1 Å². The number of fused-ring (bicyclic) bond motifs is 3. The number of aromatic nitrogens is 3. The Bertz CT molecular complexity index is 1180. The van der Waals surface area contributed by atoms with E-state index in [1.54, 1.807) is 21.5 Å². The van der Waals surface area contributed by atoms with Crippen LogP contribution in [0, 0.1) is 6.92 Å². The number of aryl methyl sites for hydroxylation is 2. The van der Waals surface area contributed by atoms with Crippen molar-refractivity contribution in [2.45, 2.75) is 45.6 Å². The fourth-order valence-corrected chi connectivity index (χ4v) is 4.50. The third-order valence-electron chi connectivity index (χ3n) is 6.00.